The Morgan fingerprint density at radius 2 is 1.71 bits per heavy atom. The largest absolute Gasteiger partial charge is 0.480 e. The molecule has 0 unspecified atom stereocenters. The number of hydrogen-bond acceptors (Lipinski definition) is 11. The fourth-order valence-corrected chi connectivity index (χ4v) is 10.0. The number of aliphatic hydroxyl groups excluding tert-OH is 1. The molecule has 8 atom stereocenters. The first-order valence-electron chi connectivity index (χ1n) is 19.4. The second kappa shape index (κ2) is 17.1. The Morgan fingerprint density at radius 1 is 0.964 bits per heavy atom. The number of esters is 1. The summed E-state index contributed by atoms with van der Waals surface area (Å²) in [5.41, 5.74) is -1.37. The Labute approximate surface area is 319 Å². The Kier molecular flexibility index (Phi) is 13.0. The molecule has 1 aromatic rings. The molecule has 0 aliphatic heterocycles. The first-order chi connectivity index (χ1) is 26.0. The number of unbranched alkanes of at least 4 members (excludes halogenated alkanes) is 2. The summed E-state index contributed by atoms with van der Waals surface area (Å²) in [4.78, 5) is 84.9. The van der Waals surface area contributed by atoms with Crippen LogP contribution >= 0.6 is 0 Å². The standard InChI is InChI=1S/C40H53N3O12/c1-38-17-14-27(44)22-25(38)10-11-28-29(38)15-18-39(2)30(28)16-19-40(39,52)31(45)23-55-34(48)13-12-32(46)41-20-5-3-4-9-33(47)42-35(37(50)51)36(49)24-7-6-8-26(21-24)43(53)54/h6-8,21-22,28-30,35-36,49,52H,3-5,9-20,23H2,1-2H3,(H,41,46)(H,42,47)(H,50,51)/t28-,29+,30+,35+,36-,38+,39+,40+/m1/s1. The van der Waals surface area contributed by atoms with Gasteiger partial charge in [-0.3, -0.25) is 34.1 Å². The third-order valence-electron chi connectivity index (χ3n) is 13.2. The van der Waals surface area contributed by atoms with Crippen LogP contribution in [0.25, 0.3) is 0 Å². The van der Waals surface area contributed by atoms with Crippen LogP contribution < -0.4 is 10.6 Å². The number of nitro groups is 1. The van der Waals surface area contributed by atoms with Gasteiger partial charge in [-0.1, -0.05) is 38.0 Å². The second-order valence-corrected chi connectivity index (χ2v) is 16.2. The summed E-state index contributed by atoms with van der Waals surface area (Å²) in [5, 5.41) is 47.8. The molecular weight excluding hydrogens is 714 g/mol. The van der Waals surface area contributed by atoms with E-state index in [-0.39, 0.29) is 54.2 Å². The normalized spacial score (nSPS) is 29.3. The zero-order valence-corrected chi connectivity index (χ0v) is 31.6. The van der Waals surface area contributed by atoms with Gasteiger partial charge in [0.15, 0.2) is 18.4 Å². The van der Waals surface area contributed by atoms with Crippen molar-refractivity contribution in [2.75, 3.05) is 13.2 Å². The van der Waals surface area contributed by atoms with E-state index in [1.54, 1.807) is 0 Å². The number of ketones is 2. The van der Waals surface area contributed by atoms with Gasteiger partial charge in [0.05, 0.1) is 11.3 Å². The number of Topliss-reactive ketones (excluding diaryl/α,β-unsaturated/α-hetero) is 1. The summed E-state index contributed by atoms with van der Waals surface area (Å²) in [6.45, 7) is 3.99. The van der Waals surface area contributed by atoms with E-state index in [9.17, 15) is 54.2 Å². The van der Waals surface area contributed by atoms with Crippen LogP contribution in [0.1, 0.15) is 115 Å². The molecule has 0 radical (unpaired) electrons. The third kappa shape index (κ3) is 8.82. The number of benzene rings is 1. The maximum Gasteiger partial charge on any atom is 0.329 e. The molecule has 0 spiro atoms. The number of non-ortho nitro benzene ring substituents is 1. The molecule has 15 heteroatoms. The Morgan fingerprint density at radius 3 is 2.44 bits per heavy atom. The maximum atomic E-state index is 13.5. The van der Waals surface area contributed by atoms with E-state index in [1.807, 2.05) is 13.0 Å². The number of nitrogens with zero attached hydrogens (tertiary/aromatic N) is 1. The van der Waals surface area contributed by atoms with E-state index in [2.05, 4.69) is 17.6 Å². The fraction of sp³-hybridized carbons (Fsp3) is 0.650. The van der Waals surface area contributed by atoms with Crippen LogP contribution in [0.5, 0.6) is 0 Å². The van der Waals surface area contributed by atoms with E-state index in [0.717, 1.165) is 38.2 Å². The number of hydrogen-bond donors (Lipinski definition) is 5. The predicted molar refractivity (Wildman–Crippen MR) is 196 cm³/mol. The van der Waals surface area contributed by atoms with Crippen molar-refractivity contribution in [3.8, 4) is 0 Å². The highest BCUT2D eigenvalue weighted by Crippen LogP contribution is 2.67. The number of aliphatic hydroxyl groups is 2. The Balaban J connectivity index is 0.974. The Hall–Kier alpha value is -4.50. The second-order valence-electron chi connectivity index (χ2n) is 16.2. The maximum absolute atomic E-state index is 13.5. The zero-order valence-electron chi connectivity index (χ0n) is 31.6. The molecule has 300 valence electrons. The van der Waals surface area contributed by atoms with E-state index >= 15 is 0 Å². The molecule has 4 aliphatic rings. The van der Waals surface area contributed by atoms with Crippen LogP contribution in [-0.4, -0.2) is 80.4 Å². The number of aliphatic carboxylic acids is 1. The minimum Gasteiger partial charge on any atom is -0.480 e. The first-order valence-corrected chi connectivity index (χ1v) is 19.4. The summed E-state index contributed by atoms with van der Waals surface area (Å²) < 4.78 is 5.25. The number of amides is 2. The van der Waals surface area contributed by atoms with Crippen LogP contribution in [0.4, 0.5) is 5.69 Å². The molecule has 3 saturated carbocycles. The summed E-state index contributed by atoms with van der Waals surface area (Å²) in [6.07, 6.45) is 6.83. The van der Waals surface area contributed by atoms with Crippen LogP contribution in [0.15, 0.2) is 35.9 Å². The van der Waals surface area contributed by atoms with Crippen LogP contribution in [-0.2, 0) is 33.5 Å². The van der Waals surface area contributed by atoms with Gasteiger partial charge in [-0.15, -0.1) is 0 Å². The molecule has 55 heavy (non-hydrogen) atoms. The van der Waals surface area contributed by atoms with Gasteiger partial charge < -0.3 is 30.7 Å². The van der Waals surface area contributed by atoms with Gasteiger partial charge in [0.1, 0.15) is 11.7 Å². The highest BCUT2D eigenvalue weighted by Gasteiger charge is 2.66. The summed E-state index contributed by atoms with van der Waals surface area (Å²) in [5.74, 6) is -2.65. The number of rotatable bonds is 17. The molecule has 3 fully saturated rings. The average Bonchev–Trinajstić information content (AvgIpc) is 3.44. The van der Waals surface area contributed by atoms with Crippen LogP contribution in [0.3, 0.4) is 0 Å². The number of nitro benzene ring substituents is 1. The number of allylic oxidation sites excluding steroid dienone is 1. The van der Waals surface area contributed by atoms with E-state index < -0.39 is 64.2 Å². The van der Waals surface area contributed by atoms with E-state index in [4.69, 9.17) is 4.74 Å². The van der Waals surface area contributed by atoms with Crippen molar-refractivity contribution in [2.24, 2.45) is 28.6 Å². The number of ether oxygens (including phenoxy) is 1. The minimum absolute atomic E-state index is 0.0223. The molecule has 15 nitrogen and oxygen atoms in total. The molecule has 0 heterocycles. The molecule has 5 rings (SSSR count). The molecule has 5 N–H and O–H groups in total. The zero-order chi connectivity index (χ0) is 40.1. The van der Waals surface area contributed by atoms with E-state index in [0.29, 0.717) is 50.4 Å². The SMILES string of the molecule is C[C@]12CCC(=O)C=C1CC[C@@H]1[C@@H]2CC[C@@]2(C)[C@H]1CC[C@]2(O)C(=O)COC(=O)CCC(=O)NCCCCCC(=O)N[C@H](C(=O)O)[C@H](O)c1cccc([N+](=O)[O-])c1. The van der Waals surface area contributed by atoms with Gasteiger partial charge in [0.2, 0.25) is 17.6 Å². The van der Waals surface area contributed by atoms with Gasteiger partial charge >= 0.3 is 11.9 Å². The van der Waals surface area contributed by atoms with Crippen molar-refractivity contribution >= 4 is 41.0 Å². The van der Waals surface area contributed by atoms with Crippen molar-refractivity contribution in [1.82, 2.24) is 10.6 Å². The summed E-state index contributed by atoms with van der Waals surface area (Å²) >= 11 is 0. The quantitative estimate of drug-likeness (QED) is 0.0654. The summed E-state index contributed by atoms with van der Waals surface area (Å²) in [6, 6.07) is 3.14. The Bertz CT molecular complexity index is 1730. The lowest BCUT2D eigenvalue weighted by molar-refractivity contribution is -0.385. The molecule has 0 saturated heterocycles. The van der Waals surface area contributed by atoms with Gasteiger partial charge in [0.25, 0.3) is 5.69 Å². The van der Waals surface area contributed by atoms with Gasteiger partial charge in [-0.05, 0) is 92.6 Å². The third-order valence-corrected chi connectivity index (χ3v) is 13.2. The van der Waals surface area contributed by atoms with Crippen molar-refractivity contribution < 1.29 is 53.7 Å². The molecule has 0 aromatic heterocycles. The number of carbonyl (C=O) groups is 6. The number of nitrogens with one attached hydrogen (secondary N) is 2. The minimum atomic E-state index is -1.72. The van der Waals surface area contributed by atoms with Crippen molar-refractivity contribution in [2.45, 2.75) is 121 Å². The number of carboxylic acids is 1. The smallest absolute Gasteiger partial charge is 0.329 e. The number of carbonyl (C=O) groups excluding carboxylic acids is 5. The van der Waals surface area contributed by atoms with Crippen molar-refractivity contribution in [3.05, 3.63) is 51.6 Å². The molecule has 1 aromatic carbocycles. The lowest BCUT2D eigenvalue weighted by Gasteiger charge is -2.58. The van der Waals surface area contributed by atoms with Crippen molar-refractivity contribution in [3.63, 3.8) is 0 Å². The monoisotopic (exact) mass is 767 g/mol. The highest BCUT2D eigenvalue weighted by molar-refractivity contribution is 5.92. The fourth-order valence-electron chi connectivity index (χ4n) is 10.0. The topological polar surface area (TPSA) is 240 Å². The molecular formula is C40H53N3O12. The first kappa shape index (κ1) is 41.7. The lowest BCUT2D eigenvalue weighted by atomic mass is 9.46. The van der Waals surface area contributed by atoms with Crippen molar-refractivity contribution in [1.29, 1.82) is 0 Å². The summed E-state index contributed by atoms with van der Waals surface area (Å²) in [7, 11) is 0. The number of fused-ring (bicyclic) bond motifs is 5. The lowest BCUT2D eigenvalue weighted by Crippen LogP contribution is -2.58. The van der Waals surface area contributed by atoms with Gasteiger partial charge in [-0.2, -0.15) is 0 Å². The van der Waals surface area contributed by atoms with Crippen LogP contribution in [0, 0.1) is 38.7 Å². The van der Waals surface area contributed by atoms with E-state index in [1.165, 1.54) is 23.8 Å². The molecule has 0 bridgehead atoms. The van der Waals surface area contributed by atoms with Crippen LogP contribution in [0.2, 0.25) is 0 Å². The average molecular weight is 768 g/mol. The molecule has 4 aliphatic carbocycles. The van der Waals surface area contributed by atoms with Gasteiger partial charge in [0, 0.05) is 43.4 Å². The molecule has 2 amide bonds. The van der Waals surface area contributed by atoms with Gasteiger partial charge in [-0.25, -0.2) is 4.79 Å². The highest BCUT2D eigenvalue weighted by atomic mass is 16.6. The predicted octanol–water partition coefficient (Wildman–Crippen LogP) is 4.03. The number of carboxylic acid groups (broad SMARTS) is 1.